The van der Waals surface area contributed by atoms with Crippen LogP contribution >= 0.6 is 0 Å². The van der Waals surface area contributed by atoms with Crippen LogP contribution in [-0.2, 0) is 0 Å². The van der Waals surface area contributed by atoms with Gasteiger partial charge in [-0.05, 0) is 6.07 Å². The van der Waals surface area contributed by atoms with Crippen LogP contribution in [-0.4, -0.2) is 0 Å². The van der Waals surface area contributed by atoms with Gasteiger partial charge in [0.15, 0.2) is 0 Å². The lowest BCUT2D eigenvalue weighted by molar-refractivity contribution is 0.625. The first-order chi connectivity index (χ1) is 5.15. The number of anilines is 2. The third kappa shape index (κ3) is 1.22. The van der Waals surface area contributed by atoms with E-state index in [9.17, 15) is 4.39 Å². The summed E-state index contributed by atoms with van der Waals surface area (Å²) in [4.78, 5) is 0. The fourth-order valence-corrected chi connectivity index (χ4v) is 0.691. The van der Waals surface area contributed by atoms with Crippen molar-refractivity contribution in [1.29, 1.82) is 5.26 Å². The van der Waals surface area contributed by atoms with Gasteiger partial charge in [-0.1, -0.05) is 0 Å². The van der Waals surface area contributed by atoms with E-state index in [1.165, 1.54) is 6.07 Å². The molecule has 0 spiro atoms. The highest BCUT2D eigenvalue weighted by molar-refractivity contribution is 5.65. The van der Waals surface area contributed by atoms with Gasteiger partial charge in [-0.15, -0.1) is 0 Å². The molecule has 0 atom stereocenters. The highest BCUT2D eigenvalue weighted by Crippen LogP contribution is 2.18. The van der Waals surface area contributed by atoms with E-state index in [4.69, 9.17) is 16.7 Å². The van der Waals surface area contributed by atoms with Crippen molar-refractivity contribution in [2.45, 2.75) is 0 Å². The number of hydrogen-bond acceptors (Lipinski definition) is 3. The molecule has 0 aliphatic heterocycles. The van der Waals surface area contributed by atoms with Gasteiger partial charge in [0.05, 0.1) is 16.9 Å². The summed E-state index contributed by atoms with van der Waals surface area (Å²) in [5, 5.41) is 8.35. The molecule has 0 heterocycles. The van der Waals surface area contributed by atoms with E-state index in [1.54, 1.807) is 6.07 Å². The van der Waals surface area contributed by atoms with Gasteiger partial charge in [0.1, 0.15) is 11.9 Å². The van der Waals surface area contributed by atoms with Gasteiger partial charge in [-0.2, -0.15) is 5.26 Å². The largest absolute Gasteiger partial charge is 0.397 e. The van der Waals surface area contributed by atoms with Crippen molar-refractivity contribution in [2.75, 3.05) is 11.5 Å². The van der Waals surface area contributed by atoms with Crippen LogP contribution in [0, 0.1) is 17.1 Å². The monoisotopic (exact) mass is 151 g/mol. The first-order valence-corrected chi connectivity index (χ1v) is 2.89. The average molecular weight is 151 g/mol. The Hall–Kier alpha value is -1.76. The van der Waals surface area contributed by atoms with E-state index < -0.39 is 5.82 Å². The van der Waals surface area contributed by atoms with Crippen LogP contribution in [0.2, 0.25) is 0 Å². The molecule has 0 radical (unpaired) electrons. The zero-order valence-corrected chi connectivity index (χ0v) is 5.63. The molecule has 0 saturated heterocycles. The molecule has 3 nitrogen and oxygen atoms in total. The summed E-state index contributed by atoms with van der Waals surface area (Å²) < 4.78 is 12.7. The lowest BCUT2D eigenvalue weighted by Crippen LogP contribution is -1.97. The fourth-order valence-electron chi connectivity index (χ4n) is 0.691. The van der Waals surface area contributed by atoms with Gasteiger partial charge in [0.2, 0.25) is 0 Å². The van der Waals surface area contributed by atoms with Gasteiger partial charge >= 0.3 is 0 Å². The summed E-state index contributed by atoms with van der Waals surface area (Å²) in [5.74, 6) is -0.640. The number of hydrogen-bond donors (Lipinski definition) is 2. The first kappa shape index (κ1) is 7.35. The Balaban J connectivity index is 3.35. The second-order valence-corrected chi connectivity index (χ2v) is 2.07. The highest BCUT2D eigenvalue weighted by Gasteiger charge is 2.03. The quantitative estimate of drug-likeness (QED) is 0.540. The van der Waals surface area contributed by atoms with Crippen LogP contribution in [0.3, 0.4) is 0 Å². The SMILES string of the molecule is N#Cc1cc(N)c(N)cc1F. The summed E-state index contributed by atoms with van der Waals surface area (Å²) >= 11 is 0. The molecule has 56 valence electrons. The number of rotatable bonds is 0. The number of nitriles is 1. The second-order valence-electron chi connectivity index (χ2n) is 2.07. The molecule has 1 aromatic carbocycles. The molecule has 1 rings (SSSR count). The zero-order chi connectivity index (χ0) is 8.43. The molecule has 0 saturated carbocycles. The normalized spacial score (nSPS) is 9.09. The molecule has 4 heteroatoms. The molecule has 0 amide bonds. The lowest BCUT2D eigenvalue weighted by atomic mass is 10.2. The molecule has 0 unspecified atom stereocenters. The van der Waals surface area contributed by atoms with Crippen LogP contribution in [0.25, 0.3) is 0 Å². The van der Waals surface area contributed by atoms with Crippen LogP contribution in [0.4, 0.5) is 15.8 Å². The predicted octanol–water partition coefficient (Wildman–Crippen LogP) is 0.862. The van der Waals surface area contributed by atoms with Gasteiger partial charge in [-0.25, -0.2) is 4.39 Å². The second kappa shape index (κ2) is 2.46. The minimum atomic E-state index is -0.640. The van der Waals surface area contributed by atoms with Gasteiger partial charge in [-0.3, -0.25) is 0 Å². The fraction of sp³-hybridized carbons (Fsp3) is 0. The lowest BCUT2D eigenvalue weighted by Gasteiger charge is -1.99. The van der Waals surface area contributed by atoms with E-state index in [0.29, 0.717) is 0 Å². The van der Waals surface area contributed by atoms with Crippen LogP contribution in [0.1, 0.15) is 5.56 Å². The summed E-state index contributed by atoms with van der Waals surface area (Å²) in [5.41, 5.74) is 10.9. The molecule has 4 N–H and O–H groups in total. The highest BCUT2D eigenvalue weighted by atomic mass is 19.1. The standard InChI is InChI=1S/C7H6FN3/c8-5-2-7(11)6(10)1-4(5)3-9/h1-2H,10-11H2. The van der Waals surface area contributed by atoms with Crippen LogP contribution < -0.4 is 11.5 Å². The third-order valence-electron chi connectivity index (χ3n) is 1.29. The van der Waals surface area contributed by atoms with Gasteiger partial charge in [0.25, 0.3) is 0 Å². The van der Waals surface area contributed by atoms with Crippen LogP contribution in [0.5, 0.6) is 0 Å². The topological polar surface area (TPSA) is 75.8 Å². The van der Waals surface area contributed by atoms with E-state index in [1.807, 2.05) is 0 Å². The predicted molar refractivity (Wildman–Crippen MR) is 39.9 cm³/mol. The number of nitrogen functional groups attached to an aromatic ring is 2. The summed E-state index contributed by atoms with van der Waals surface area (Å²) in [6.07, 6.45) is 0. The molecule has 0 fully saturated rings. The smallest absolute Gasteiger partial charge is 0.143 e. The summed E-state index contributed by atoms with van der Waals surface area (Å²) in [7, 11) is 0. The third-order valence-corrected chi connectivity index (χ3v) is 1.29. The Bertz CT molecular complexity index is 327. The van der Waals surface area contributed by atoms with E-state index >= 15 is 0 Å². The first-order valence-electron chi connectivity index (χ1n) is 2.89. The van der Waals surface area contributed by atoms with Gasteiger partial charge < -0.3 is 11.5 Å². The maximum Gasteiger partial charge on any atom is 0.143 e. The maximum absolute atomic E-state index is 12.7. The Morgan fingerprint density at radius 3 is 2.36 bits per heavy atom. The van der Waals surface area contributed by atoms with E-state index in [2.05, 4.69) is 0 Å². The maximum atomic E-state index is 12.7. The van der Waals surface area contributed by atoms with Crippen molar-refractivity contribution in [2.24, 2.45) is 0 Å². The Morgan fingerprint density at radius 1 is 1.27 bits per heavy atom. The Kier molecular flexibility index (Phi) is 1.65. The molecule has 0 aromatic heterocycles. The Morgan fingerprint density at radius 2 is 1.82 bits per heavy atom. The zero-order valence-electron chi connectivity index (χ0n) is 5.63. The van der Waals surface area contributed by atoms with Crippen molar-refractivity contribution in [3.05, 3.63) is 23.5 Å². The summed E-state index contributed by atoms with van der Waals surface area (Å²) in [6.45, 7) is 0. The van der Waals surface area contributed by atoms with Crippen molar-refractivity contribution >= 4 is 11.4 Å². The van der Waals surface area contributed by atoms with Crippen LogP contribution in [0.15, 0.2) is 12.1 Å². The number of nitrogens with zero attached hydrogens (tertiary/aromatic N) is 1. The minimum Gasteiger partial charge on any atom is -0.397 e. The van der Waals surface area contributed by atoms with Crippen molar-refractivity contribution in [3.63, 3.8) is 0 Å². The van der Waals surface area contributed by atoms with Crippen molar-refractivity contribution in [1.82, 2.24) is 0 Å². The van der Waals surface area contributed by atoms with E-state index in [-0.39, 0.29) is 16.9 Å². The molecular formula is C7H6FN3. The molecule has 1 aromatic rings. The summed E-state index contributed by atoms with van der Waals surface area (Å²) in [6, 6.07) is 3.90. The molecular weight excluding hydrogens is 145 g/mol. The van der Waals surface area contributed by atoms with Crippen molar-refractivity contribution in [3.8, 4) is 6.07 Å². The molecule has 0 aliphatic carbocycles. The molecule has 11 heavy (non-hydrogen) atoms. The number of nitrogens with two attached hydrogens (primary N) is 2. The minimum absolute atomic E-state index is 0.0864. The molecule has 0 bridgehead atoms. The average Bonchev–Trinajstić information content (AvgIpc) is 1.97. The number of halogens is 1. The molecule has 0 aliphatic rings. The number of benzene rings is 1. The van der Waals surface area contributed by atoms with E-state index in [0.717, 1.165) is 6.07 Å². The Labute approximate surface area is 63.0 Å². The van der Waals surface area contributed by atoms with Gasteiger partial charge in [0, 0.05) is 6.07 Å². The van der Waals surface area contributed by atoms with Crippen molar-refractivity contribution < 1.29 is 4.39 Å².